The zero-order valence-corrected chi connectivity index (χ0v) is 10.3. The molecule has 0 spiro atoms. The van der Waals surface area contributed by atoms with Crippen LogP contribution in [0.3, 0.4) is 0 Å². The summed E-state index contributed by atoms with van der Waals surface area (Å²) < 4.78 is 2.18. The minimum atomic E-state index is 0.920. The summed E-state index contributed by atoms with van der Waals surface area (Å²) >= 11 is 0. The van der Waals surface area contributed by atoms with Gasteiger partial charge < -0.3 is 9.72 Å². The number of hydrogen-bond acceptors (Lipinski definition) is 2. The number of nitrogens with one attached hydrogen (secondary N) is 1. The first-order valence-corrected chi connectivity index (χ1v) is 6.48. The van der Waals surface area contributed by atoms with Crippen LogP contribution in [0.4, 0.5) is 0 Å². The number of aryl methyl sites for hydroxylation is 1. The highest BCUT2D eigenvalue weighted by molar-refractivity contribution is 5.42. The fourth-order valence-corrected chi connectivity index (χ4v) is 2.30. The van der Waals surface area contributed by atoms with E-state index in [4.69, 9.17) is 0 Å². The smallest absolute Gasteiger partial charge is 0.137 e. The van der Waals surface area contributed by atoms with Crippen molar-refractivity contribution in [2.45, 2.75) is 32.7 Å². The molecule has 2 heterocycles. The van der Waals surface area contributed by atoms with Crippen LogP contribution >= 0.6 is 0 Å². The Morgan fingerprint density at radius 1 is 1.41 bits per heavy atom. The zero-order chi connectivity index (χ0) is 11.7. The molecule has 3 nitrogen and oxygen atoms in total. The van der Waals surface area contributed by atoms with Gasteiger partial charge in [-0.1, -0.05) is 18.9 Å². The Bertz CT molecular complexity index is 511. The Kier molecular flexibility index (Phi) is 2.85. The van der Waals surface area contributed by atoms with Crippen LogP contribution in [0.25, 0.3) is 5.65 Å². The SMILES string of the molecule is Cc1nc2ccccn2c1CNCCC1CC1. The van der Waals surface area contributed by atoms with Crippen molar-refractivity contribution >= 4 is 5.65 Å². The Labute approximate surface area is 102 Å². The Hall–Kier alpha value is -1.35. The first kappa shape index (κ1) is 10.8. The standard InChI is InChI=1S/C14H19N3/c1-11-13(10-15-8-7-12-5-6-12)17-9-3-2-4-14(17)16-11/h2-4,9,12,15H,5-8,10H2,1H3. The van der Waals surface area contributed by atoms with E-state index in [0.29, 0.717) is 0 Å². The van der Waals surface area contributed by atoms with E-state index in [2.05, 4.69) is 40.0 Å². The predicted octanol–water partition coefficient (Wildman–Crippen LogP) is 2.53. The second kappa shape index (κ2) is 4.49. The summed E-state index contributed by atoms with van der Waals surface area (Å²) in [5.74, 6) is 1.01. The van der Waals surface area contributed by atoms with Gasteiger partial charge >= 0.3 is 0 Å². The van der Waals surface area contributed by atoms with Crippen molar-refractivity contribution in [2.24, 2.45) is 5.92 Å². The lowest BCUT2D eigenvalue weighted by Gasteiger charge is -2.05. The lowest BCUT2D eigenvalue weighted by atomic mass is 10.3. The van der Waals surface area contributed by atoms with Crippen molar-refractivity contribution in [3.63, 3.8) is 0 Å². The summed E-state index contributed by atoms with van der Waals surface area (Å²) in [6, 6.07) is 6.15. The van der Waals surface area contributed by atoms with E-state index >= 15 is 0 Å². The molecule has 2 aromatic rings. The first-order chi connectivity index (χ1) is 8.34. The van der Waals surface area contributed by atoms with Gasteiger partial charge in [-0.15, -0.1) is 0 Å². The predicted molar refractivity (Wildman–Crippen MR) is 69.0 cm³/mol. The van der Waals surface area contributed by atoms with Gasteiger partial charge in [-0.2, -0.15) is 0 Å². The number of fused-ring (bicyclic) bond motifs is 1. The molecule has 0 bridgehead atoms. The molecular weight excluding hydrogens is 210 g/mol. The van der Waals surface area contributed by atoms with Gasteiger partial charge in [0, 0.05) is 12.7 Å². The van der Waals surface area contributed by atoms with Crippen molar-refractivity contribution in [1.29, 1.82) is 0 Å². The van der Waals surface area contributed by atoms with E-state index in [1.807, 2.05) is 6.07 Å². The third-order valence-corrected chi connectivity index (χ3v) is 3.55. The maximum atomic E-state index is 4.56. The van der Waals surface area contributed by atoms with E-state index in [1.165, 1.54) is 25.0 Å². The Morgan fingerprint density at radius 3 is 3.12 bits per heavy atom. The summed E-state index contributed by atoms with van der Waals surface area (Å²) in [7, 11) is 0. The van der Waals surface area contributed by atoms with E-state index in [9.17, 15) is 0 Å². The maximum Gasteiger partial charge on any atom is 0.137 e. The van der Waals surface area contributed by atoms with E-state index in [-0.39, 0.29) is 0 Å². The summed E-state index contributed by atoms with van der Waals surface area (Å²) in [4.78, 5) is 4.56. The molecule has 0 aromatic carbocycles. The number of aromatic nitrogens is 2. The molecule has 1 aliphatic carbocycles. The van der Waals surface area contributed by atoms with Gasteiger partial charge in [0.05, 0.1) is 11.4 Å². The van der Waals surface area contributed by atoms with Crippen LogP contribution in [0.5, 0.6) is 0 Å². The van der Waals surface area contributed by atoms with E-state index in [1.54, 1.807) is 0 Å². The molecule has 1 saturated carbocycles. The highest BCUT2D eigenvalue weighted by Crippen LogP contribution is 2.31. The number of rotatable bonds is 5. The van der Waals surface area contributed by atoms with Crippen molar-refractivity contribution < 1.29 is 0 Å². The molecule has 0 atom stereocenters. The van der Waals surface area contributed by atoms with Gasteiger partial charge in [-0.25, -0.2) is 4.98 Å². The average molecular weight is 229 g/mol. The molecule has 0 amide bonds. The molecule has 2 aromatic heterocycles. The minimum absolute atomic E-state index is 0.920. The molecule has 3 heteroatoms. The van der Waals surface area contributed by atoms with Gasteiger partial charge in [0.15, 0.2) is 0 Å². The molecule has 0 unspecified atom stereocenters. The van der Waals surface area contributed by atoms with Crippen LogP contribution in [0.15, 0.2) is 24.4 Å². The van der Waals surface area contributed by atoms with Crippen LogP contribution in [0, 0.1) is 12.8 Å². The number of pyridine rings is 1. The van der Waals surface area contributed by atoms with Crippen LogP contribution in [0.2, 0.25) is 0 Å². The monoisotopic (exact) mass is 229 g/mol. The van der Waals surface area contributed by atoms with Gasteiger partial charge in [-0.05, 0) is 37.9 Å². The number of hydrogen-bond donors (Lipinski definition) is 1. The van der Waals surface area contributed by atoms with Crippen LogP contribution in [-0.4, -0.2) is 15.9 Å². The van der Waals surface area contributed by atoms with Crippen molar-refractivity contribution in [3.8, 4) is 0 Å². The minimum Gasteiger partial charge on any atom is -0.311 e. The third kappa shape index (κ3) is 2.34. The summed E-state index contributed by atoms with van der Waals surface area (Å²) in [6.07, 6.45) is 6.30. The highest BCUT2D eigenvalue weighted by Gasteiger charge is 2.20. The quantitative estimate of drug-likeness (QED) is 0.798. The van der Waals surface area contributed by atoms with Crippen molar-refractivity contribution in [1.82, 2.24) is 14.7 Å². The van der Waals surface area contributed by atoms with Gasteiger partial charge in [0.25, 0.3) is 0 Å². The molecule has 0 radical (unpaired) electrons. The molecule has 17 heavy (non-hydrogen) atoms. The van der Waals surface area contributed by atoms with Gasteiger partial charge in [-0.3, -0.25) is 0 Å². The molecule has 3 rings (SSSR count). The molecule has 1 fully saturated rings. The largest absolute Gasteiger partial charge is 0.311 e. The van der Waals surface area contributed by atoms with Crippen LogP contribution in [-0.2, 0) is 6.54 Å². The van der Waals surface area contributed by atoms with Crippen LogP contribution < -0.4 is 5.32 Å². The van der Waals surface area contributed by atoms with Crippen LogP contribution in [0.1, 0.15) is 30.7 Å². The van der Waals surface area contributed by atoms with Crippen molar-refractivity contribution in [3.05, 3.63) is 35.8 Å². The summed E-state index contributed by atoms with van der Waals surface area (Å²) in [5.41, 5.74) is 3.47. The fourth-order valence-electron chi connectivity index (χ4n) is 2.30. The number of imidazole rings is 1. The topological polar surface area (TPSA) is 29.3 Å². The zero-order valence-electron chi connectivity index (χ0n) is 10.3. The third-order valence-electron chi connectivity index (χ3n) is 3.55. The van der Waals surface area contributed by atoms with E-state index < -0.39 is 0 Å². The molecular formula is C14H19N3. The van der Waals surface area contributed by atoms with Gasteiger partial charge in [0.2, 0.25) is 0 Å². The molecule has 1 N–H and O–H groups in total. The Morgan fingerprint density at radius 2 is 2.29 bits per heavy atom. The highest BCUT2D eigenvalue weighted by atomic mass is 15.0. The first-order valence-electron chi connectivity index (χ1n) is 6.48. The van der Waals surface area contributed by atoms with Crippen molar-refractivity contribution in [2.75, 3.05) is 6.54 Å². The second-order valence-corrected chi connectivity index (χ2v) is 4.98. The fraction of sp³-hybridized carbons (Fsp3) is 0.500. The normalized spacial score (nSPS) is 15.6. The average Bonchev–Trinajstić information content (AvgIpc) is 3.09. The molecule has 90 valence electrons. The molecule has 1 aliphatic rings. The second-order valence-electron chi connectivity index (χ2n) is 4.98. The Balaban J connectivity index is 1.68. The number of nitrogens with zero attached hydrogens (tertiary/aromatic N) is 2. The lowest BCUT2D eigenvalue weighted by Crippen LogP contribution is -2.17. The lowest BCUT2D eigenvalue weighted by molar-refractivity contribution is 0.603. The van der Waals surface area contributed by atoms with Gasteiger partial charge in [0.1, 0.15) is 5.65 Å². The maximum absolute atomic E-state index is 4.56. The van der Waals surface area contributed by atoms with E-state index in [0.717, 1.165) is 30.3 Å². The summed E-state index contributed by atoms with van der Waals surface area (Å²) in [5, 5.41) is 3.53. The summed E-state index contributed by atoms with van der Waals surface area (Å²) in [6.45, 7) is 4.14. The molecule has 0 saturated heterocycles. The molecule has 0 aliphatic heterocycles.